The van der Waals surface area contributed by atoms with Crippen LogP contribution in [-0.2, 0) is 0 Å². The molecular weight excluding hydrogens is 206 g/mol. The molecule has 0 saturated heterocycles. The molecule has 0 amide bonds. The third-order valence-corrected chi connectivity index (χ3v) is 3.16. The molecule has 88 valence electrons. The maximum Gasteiger partial charge on any atom is 0.191 e. The third kappa shape index (κ3) is 6.66. The molecule has 2 N–H and O–H groups in total. The second-order valence-electron chi connectivity index (χ2n) is 3.84. The molecule has 1 aliphatic rings. The summed E-state index contributed by atoms with van der Waals surface area (Å²) in [6.45, 7) is 3.10. The summed E-state index contributed by atoms with van der Waals surface area (Å²) in [6, 6.07) is 0. The molecule has 4 heteroatoms. The molecule has 0 aromatic heterocycles. The molecule has 0 saturated carbocycles. The van der Waals surface area contributed by atoms with E-state index in [1.54, 1.807) is 0 Å². The van der Waals surface area contributed by atoms with E-state index in [-0.39, 0.29) is 0 Å². The molecule has 0 atom stereocenters. The van der Waals surface area contributed by atoms with Crippen molar-refractivity contribution < 1.29 is 0 Å². The molecule has 0 aliphatic carbocycles. The van der Waals surface area contributed by atoms with Gasteiger partial charge in [0.25, 0.3) is 0 Å². The number of hydrogen-bond acceptors (Lipinski definition) is 4. The summed E-state index contributed by atoms with van der Waals surface area (Å²) in [5.74, 6) is 2.31. The summed E-state index contributed by atoms with van der Waals surface area (Å²) in [7, 11) is 0. The average Bonchev–Trinajstić information content (AvgIpc) is 2.29. The van der Waals surface area contributed by atoms with E-state index in [2.05, 4.69) is 21.9 Å². The highest BCUT2D eigenvalue weighted by Gasteiger charge is 2.01. The van der Waals surface area contributed by atoms with E-state index in [1.165, 1.54) is 37.9 Å². The first-order chi connectivity index (χ1) is 7.43. The van der Waals surface area contributed by atoms with Gasteiger partial charge in [-0.3, -0.25) is 4.99 Å². The fourth-order valence-electron chi connectivity index (χ4n) is 1.58. The number of guanidine groups is 1. The van der Waals surface area contributed by atoms with Crippen molar-refractivity contribution in [1.29, 1.82) is 0 Å². The summed E-state index contributed by atoms with van der Waals surface area (Å²) in [4.78, 5) is 4.37. The monoisotopic (exact) mass is 229 g/mol. The van der Waals surface area contributed by atoms with Crippen LogP contribution in [0.1, 0.15) is 32.1 Å². The van der Waals surface area contributed by atoms with Gasteiger partial charge in [-0.2, -0.15) is 11.8 Å². The molecule has 0 radical (unpaired) electrons. The molecule has 3 nitrogen and oxygen atoms in total. The zero-order chi connectivity index (χ0) is 10.8. The number of unbranched alkanes of at least 4 members (excludes halogenated alkanes) is 3. The van der Waals surface area contributed by atoms with Gasteiger partial charge >= 0.3 is 0 Å². The zero-order valence-corrected chi connectivity index (χ0v) is 10.5. The van der Waals surface area contributed by atoms with Crippen molar-refractivity contribution >= 4 is 17.7 Å². The first kappa shape index (κ1) is 12.7. The average molecular weight is 229 g/mol. The van der Waals surface area contributed by atoms with Gasteiger partial charge < -0.3 is 10.6 Å². The lowest BCUT2D eigenvalue weighted by atomic mass is 10.2. The molecule has 0 unspecified atom stereocenters. The van der Waals surface area contributed by atoms with E-state index < -0.39 is 0 Å². The molecular formula is C11H23N3S. The number of thioether (sulfide) groups is 1. The molecule has 0 aromatic carbocycles. The highest BCUT2D eigenvalue weighted by atomic mass is 32.2. The Morgan fingerprint density at radius 2 is 2.20 bits per heavy atom. The van der Waals surface area contributed by atoms with Crippen molar-refractivity contribution in [3.63, 3.8) is 0 Å². The van der Waals surface area contributed by atoms with Crippen LogP contribution in [0.4, 0.5) is 0 Å². The minimum Gasteiger partial charge on any atom is -0.356 e. The van der Waals surface area contributed by atoms with Crippen LogP contribution in [0.2, 0.25) is 0 Å². The van der Waals surface area contributed by atoms with Gasteiger partial charge in [0.1, 0.15) is 0 Å². The normalized spacial score (nSPS) is 15.7. The predicted molar refractivity (Wildman–Crippen MR) is 69.8 cm³/mol. The van der Waals surface area contributed by atoms with Crippen LogP contribution in [0.25, 0.3) is 0 Å². The number of rotatable bonds is 7. The highest BCUT2D eigenvalue weighted by molar-refractivity contribution is 7.98. The van der Waals surface area contributed by atoms with Gasteiger partial charge in [-0.1, -0.05) is 12.8 Å². The van der Waals surface area contributed by atoms with Crippen molar-refractivity contribution in [2.45, 2.75) is 32.1 Å². The summed E-state index contributed by atoms with van der Waals surface area (Å²) >= 11 is 1.94. The first-order valence-electron chi connectivity index (χ1n) is 5.94. The van der Waals surface area contributed by atoms with Crippen molar-refractivity contribution in [1.82, 2.24) is 10.6 Å². The minimum atomic E-state index is 0.975. The Bertz CT molecular complexity index is 183. The van der Waals surface area contributed by atoms with Gasteiger partial charge in [-0.05, 0) is 31.3 Å². The predicted octanol–water partition coefficient (Wildman–Crippen LogP) is 1.85. The van der Waals surface area contributed by atoms with Crippen LogP contribution >= 0.6 is 11.8 Å². The Balaban J connectivity index is 1.86. The Kier molecular flexibility index (Phi) is 7.52. The van der Waals surface area contributed by atoms with E-state index in [1.807, 2.05) is 11.8 Å². The summed E-state index contributed by atoms with van der Waals surface area (Å²) in [5.41, 5.74) is 0. The van der Waals surface area contributed by atoms with Crippen LogP contribution in [0.5, 0.6) is 0 Å². The Morgan fingerprint density at radius 1 is 1.33 bits per heavy atom. The number of nitrogens with one attached hydrogen (secondary N) is 2. The standard InChI is InChI=1S/C11H23N3S/c1-15-10-5-3-2-4-7-12-11-13-8-6-9-14-11/h2-10H2,1H3,(H2,12,13,14). The van der Waals surface area contributed by atoms with Gasteiger partial charge in [0.15, 0.2) is 5.96 Å². The molecule has 0 aromatic rings. The fourth-order valence-corrected chi connectivity index (χ4v) is 2.08. The van der Waals surface area contributed by atoms with Crippen LogP contribution in [0.3, 0.4) is 0 Å². The van der Waals surface area contributed by atoms with Crippen LogP contribution < -0.4 is 10.6 Å². The highest BCUT2D eigenvalue weighted by Crippen LogP contribution is 2.03. The van der Waals surface area contributed by atoms with Gasteiger partial charge in [-0.15, -0.1) is 0 Å². The molecule has 0 fully saturated rings. The summed E-state index contributed by atoms with van der Waals surface area (Å²) < 4.78 is 0. The van der Waals surface area contributed by atoms with Gasteiger partial charge in [0.2, 0.25) is 0 Å². The molecule has 0 spiro atoms. The van der Waals surface area contributed by atoms with Gasteiger partial charge in [0, 0.05) is 19.6 Å². The van der Waals surface area contributed by atoms with E-state index in [0.717, 1.165) is 25.6 Å². The molecule has 1 rings (SSSR count). The molecule has 0 bridgehead atoms. The maximum atomic E-state index is 4.37. The number of hydrogen-bond donors (Lipinski definition) is 2. The third-order valence-electron chi connectivity index (χ3n) is 2.46. The van der Waals surface area contributed by atoms with Gasteiger partial charge in [0.05, 0.1) is 0 Å². The second kappa shape index (κ2) is 8.89. The van der Waals surface area contributed by atoms with Crippen LogP contribution in [-0.4, -0.2) is 37.6 Å². The topological polar surface area (TPSA) is 36.4 Å². The second-order valence-corrected chi connectivity index (χ2v) is 4.83. The van der Waals surface area contributed by atoms with E-state index in [0.29, 0.717) is 0 Å². The zero-order valence-electron chi connectivity index (χ0n) is 9.72. The Hall–Kier alpha value is -0.380. The van der Waals surface area contributed by atoms with E-state index in [9.17, 15) is 0 Å². The smallest absolute Gasteiger partial charge is 0.191 e. The van der Waals surface area contributed by atoms with E-state index >= 15 is 0 Å². The molecule has 15 heavy (non-hydrogen) atoms. The SMILES string of the molecule is CSCCCCCCNC1=NCCCN1. The number of aliphatic imine (C=N–C) groups is 1. The maximum absolute atomic E-state index is 4.37. The van der Waals surface area contributed by atoms with Crippen LogP contribution in [0.15, 0.2) is 4.99 Å². The number of nitrogens with zero attached hydrogens (tertiary/aromatic N) is 1. The molecule has 1 heterocycles. The van der Waals surface area contributed by atoms with Crippen molar-refractivity contribution in [3.05, 3.63) is 0 Å². The van der Waals surface area contributed by atoms with Gasteiger partial charge in [-0.25, -0.2) is 0 Å². The van der Waals surface area contributed by atoms with E-state index in [4.69, 9.17) is 0 Å². The first-order valence-corrected chi connectivity index (χ1v) is 7.34. The van der Waals surface area contributed by atoms with Crippen molar-refractivity contribution in [2.75, 3.05) is 31.6 Å². The quantitative estimate of drug-likeness (QED) is 0.654. The summed E-state index contributed by atoms with van der Waals surface area (Å²) in [6.07, 6.45) is 8.66. The Labute approximate surface area is 97.5 Å². The lowest BCUT2D eigenvalue weighted by molar-refractivity contribution is 0.638. The van der Waals surface area contributed by atoms with Crippen molar-refractivity contribution in [3.8, 4) is 0 Å². The van der Waals surface area contributed by atoms with Crippen molar-refractivity contribution in [2.24, 2.45) is 4.99 Å². The Morgan fingerprint density at radius 3 is 2.93 bits per heavy atom. The van der Waals surface area contributed by atoms with Crippen LogP contribution in [0, 0.1) is 0 Å². The largest absolute Gasteiger partial charge is 0.356 e. The molecule has 1 aliphatic heterocycles. The lowest BCUT2D eigenvalue weighted by Crippen LogP contribution is -2.41. The lowest BCUT2D eigenvalue weighted by Gasteiger charge is -2.15. The summed E-state index contributed by atoms with van der Waals surface area (Å²) in [5, 5.41) is 6.61. The fraction of sp³-hybridized carbons (Fsp3) is 0.909. The minimum absolute atomic E-state index is 0.975.